The lowest BCUT2D eigenvalue weighted by atomic mass is 10.2. The third-order valence-corrected chi connectivity index (χ3v) is 5.67. The van der Waals surface area contributed by atoms with E-state index < -0.39 is 28.1 Å². The molecule has 0 saturated carbocycles. The van der Waals surface area contributed by atoms with Gasteiger partial charge in [-0.1, -0.05) is 19.4 Å². The molecule has 34 heavy (non-hydrogen) atoms. The Hall–Kier alpha value is -3.35. The van der Waals surface area contributed by atoms with E-state index in [0.717, 1.165) is 24.0 Å². The third kappa shape index (κ3) is 8.54. The first kappa shape index (κ1) is 28.7. The topological polar surface area (TPSA) is 137 Å². The molecule has 0 aliphatic heterocycles. The SMILES string of the molecule is CCCCN(C)c1ncc(NS(=O)(=O)c2cc(C)cc(C)c2)cc1C(=O)O.O=C(O)C(F)(F)F. The van der Waals surface area contributed by atoms with Crippen molar-refractivity contribution in [1.82, 2.24) is 4.98 Å². The van der Waals surface area contributed by atoms with Crippen molar-refractivity contribution in [3.8, 4) is 0 Å². The molecule has 0 bridgehead atoms. The standard InChI is InChI=1S/C19H25N3O4S.C2HF3O2/c1-5-6-7-22(4)18-17(19(23)24)11-15(12-20-18)21-27(25,26)16-9-13(2)8-14(3)10-16;3-2(4,5)1(6)7/h8-12,21H,5-7H2,1-4H3,(H,23,24);(H,6,7). The number of aromatic carboxylic acids is 1. The first-order chi connectivity index (χ1) is 15.6. The number of halogens is 3. The number of aliphatic carboxylic acids is 1. The Balaban J connectivity index is 0.000000718. The summed E-state index contributed by atoms with van der Waals surface area (Å²) in [5, 5.41) is 16.6. The number of nitrogens with zero attached hydrogens (tertiary/aromatic N) is 2. The molecule has 0 spiro atoms. The minimum absolute atomic E-state index is 0.0470. The minimum Gasteiger partial charge on any atom is -0.478 e. The Morgan fingerprint density at radius 1 is 1.09 bits per heavy atom. The maximum atomic E-state index is 12.7. The number of hydrogen-bond donors (Lipinski definition) is 3. The van der Waals surface area contributed by atoms with Crippen molar-refractivity contribution < 1.29 is 41.4 Å². The molecule has 1 heterocycles. The van der Waals surface area contributed by atoms with Gasteiger partial charge in [-0.2, -0.15) is 13.2 Å². The van der Waals surface area contributed by atoms with E-state index in [-0.39, 0.29) is 16.1 Å². The average molecular weight is 506 g/mol. The highest BCUT2D eigenvalue weighted by Gasteiger charge is 2.38. The molecular weight excluding hydrogens is 479 g/mol. The fourth-order valence-electron chi connectivity index (χ4n) is 2.78. The molecule has 1 aromatic carbocycles. The Bertz CT molecular complexity index is 1120. The third-order valence-electron chi connectivity index (χ3n) is 4.31. The number of anilines is 2. The number of carboxylic acids is 2. The summed E-state index contributed by atoms with van der Waals surface area (Å²) < 4.78 is 59.5. The lowest BCUT2D eigenvalue weighted by molar-refractivity contribution is -0.192. The fraction of sp³-hybridized carbons (Fsp3) is 0.381. The molecule has 0 atom stereocenters. The zero-order valence-electron chi connectivity index (χ0n) is 19.0. The lowest BCUT2D eigenvalue weighted by Crippen LogP contribution is -2.23. The van der Waals surface area contributed by atoms with E-state index in [0.29, 0.717) is 12.4 Å². The van der Waals surface area contributed by atoms with Crippen LogP contribution in [0.4, 0.5) is 24.7 Å². The van der Waals surface area contributed by atoms with E-state index in [2.05, 4.69) is 9.71 Å². The Morgan fingerprint density at radius 2 is 1.62 bits per heavy atom. The molecule has 188 valence electrons. The second-order valence-corrected chi connectivity index (χ2v) is 9.09. The summed E-state index contributed by atoms with van der Waals surface area (Å²) in [7, 11) is -2.08. The van der Waals surface area contributed by atoms with Gasteiger partial charge >= 0.3 is 18.1 Å². The van der Waals surface area contributed by atoms with Crippen molar-refractivity contribution in [3.63, 3.8) is 0 Å². The number of nitrogens with one attached hydrogen (secondary N) is 1. The van der Waals surface area contributed by atoms with Crippen LogP contribution in [0, 0.1) is 13.8 Å². The first-order valence-corrected chi connectivity index (χ1v) is 11.4. The number of aryl methyl sites for hydroxylation is 2. The minimum atomic E-state index is -5.08. The highest BCUT2D eigenvalue weighted by atomic mass is 32.2. The van der Waals surface area contributed by atoms with Crippen LogP contribution in [0.1, 0.15) is 41.3 Å². The van der Waals surface area contributed by atoms with Crippen molar-refractivity contribution >= 4 is 33.5 Å². The number of unbranched alkanes of at least 4 members (excludes halogenated alkanes) is 1. The number of sulfonamides is 1. The van der Waals surface area contributed by atoms with E-state index in [9.17, 15) is 31.5 Å². The molecule has 0 radical (unpaired) electrons. The Kier molecular flexibility index (Phi) is 9.85. The molecule has 0 unspecified atom stereocenters. The normalized spacial score (nSPS) is 11.3. The van der Waals surface area contributed by atoms with E-state index in [1.807, 2.05) is 26.8 Å². The molecule has 3 N–H and O–H groups in total. The number of alkyl halides is 3. The van der Waals surface area contributed by atoms with Gasteiger partial charge in [0, 0.05) is 13.6 Å². The maximum absolute atomic E-state index is 12.7. The smallest absolute Gasteiger partial charge is 0.478 e. The van der Waals surface area contributed by atoms with Crippen LogP contribution in [0.5, 0.6) is 0 Å². The van der Waals surface area contributed by atoms with Gasteiger partial charge in [0.15, 0.2) is 0 Å². The summed E-state index contributed by atoms with van der Waals surface area (Å²) in [6, 6.07) is 6.30. The second-order valence-electron chi connectivity index (χ2n) is 7.41. The number of pyridine rings is 1. The number of benzene rings is 1. The molecule has 2 rings (SSSR count). The van der Waals surface area contributed by atoms with Crippen LogP contribution >= 0.6 is 0 Å². The quantitative estimate of drug-likeness (QED) is 0.488. The Morgan fingerprint density at radius 3 is 2.06 bits per heavy atom. The van der Waals surface area contributed by atoms with Gasteiger partial charge < -0.3 is 15.1 Å². The number of carbonyl (C=O) groups is 2. The van der Waals surface area contributed by atoms with Crippen LogP contribution < -0.4 is 9.62 Å². The molecule has 2 aromatic rings. The van der Waals surface area contributed by atoms with Crippen molar-refractivity contribution in [2.75, 3.05) is 23.2 Å². The summed E-state index contributed by atoms with van der Waals surface area (Å²) in [5.41, 5.74) is 1.72. The monoisotopic (exact) mass is 505 g/mol. The van der Waals surface area contributed by atoms with Crippen molar-refractivity contribution in [3.05, 3.63) is 47.2 Å². The van der Waals surface area contributed by atoms with Gasteiger partial charge in [-0.15, -0.1) is 0 Å². The molecule has 1 aromatic heterocycles. The number of aromatic nitrogens is 1. The van der Waals surface area contributed by atoms with Crippen LogP contribution in [0.2, 0.25) is 0 Å². The van der Waals surface area contributed by atoms with Crippen LogP contribution in [-0.4, -0.2) is 55.3 Å². The number of rotatable bonds is 8. The van der Waals surface area contributed by atoms with Crippen LogP contribution in [0.3, 0.4) is 0 Å². The van der Waals surface area contributed by atoms with Gasteiger partial charge in [-0.3, -0.25) is 4.72 Å². The van der Waals surface area contributed by atoms with E-state index in [4.69, 9.17) is 9.90 Å². The largest absolute Gasteiger partial charge is 0.490 e. The zero-order valence-corrected chi connectivity index (χ0v) is 19.8. The van der Waals surface area contributed by atoms with E-state index >= 15 is 0 Å². The molecule has 0 saturated heterocycles. The summed E-state index contributed by atoms with van der Waals surface area (Å²) in [4.78, 5) is 26.6. The molecule has 9 nitrogen and oxygen atoms in total. The predicted octanol–water partition coefficient (Wildman–Crippen LogP) is 4.07. The predicted molar refractivity (Wildman–Crippen MR) is 120 cm³/mol. The van der Waals surface area contributed by atoms with Gasteiger partial charge in [-0.25, -0.2) is 23.0 Å². The van der Waals surface area contributed by atoms with Gasteiger partial charge in [0.2, 0.25) is 0 Å². The Labute approximate surface area is 195 Å². The van der Waals surface area contributed by atoms with Crippen LogP contribution in [0.25, 0.3) is 0 Å². The fourth-order valence-corrected chi connectivity index (χ4v) is 4.00. The van der Waals surface area contributed by atoms with Crippen molar-refractivity contribution in [1.29, 1.82) is 0 Å². The summed E-state index contributed by atoms with van der Waals surface area (Å²) >= 11 is 0. The summed E-state index contributed by atoms with van der Waals surface area (Å²) in [6.07, 6.45) is -1.87. The average Bonchev–Trinajstić information content (AvgIpc) is 2.70. The van der Waals surface area contributed by atoms with Crippen LogP contribution in [0.15, 0.2) is 35.4 Å². The van der Waals surface area contributed by atoms with Gasteiger partial charge in [0.1, 0.15) is 11.4 Å². The second kappa shape index (κ2) is 11.7. The zero-order chi connectivity index (χ0) is 26.3. The molecular formula is C21H26F3N3O6S. The van der Waals surface area contributed by atoms with E-state index in [1.54, 1.807) is 24.1 Å². The number of hydrogen-bond acceptors (Lipinski definition) is 6. The molecule has 0 fully saturated rings. The highest BCUT2D eigenvalue weighted by molar-refractivity contribution is 7.92. The van der Waals surface area contributed by atoms with Gasteiger partial charge in [0.05, 0.1) is 16.8 Å². The molecule has 0 aliphatic carbocycles. The highest BCUT2D eigenvalue weighted by Crippen LogP contribution is 2.24. The lowest BCUT2D eigenvalue weighted by Gasteiger charge is -2.20. The number of carboxylic acid groups (broad SMARTS) is 2. The van der Waals surface area contributed by atoms with Crippen molar-refractivity contribution in [2.45, 2.75) is 44.7 Å². The van der Waals surface area contributed by atoms with E-state index in [1.165, 1.54) is 12.3 Å². The summed E-state index contributed by atoms with van der Waals surface area (Å²) in [5.74, 6) is -3.61. The maximum Gasteiger partial charge on any atom is 0.490 e. The first-order valence-electron chi connectivity index (χ1n) is 9.94. The van der Waals surface area contributed by atoms with Crippen LogP contribution in [-0.2, 0) is 14.8 Å². The molecule has 0 aliphatic rings. The van der Waals surface area contributed by atoms with Crippen molar-refractivity contribution in [2.24, 2.45) is 0 Å². The summed E-state index contributed by atoms with van der Waals surface area (Å²) in [6.45, 7) is 6.34. The van der Waals surface area contributed by atoms with Gasteiger partial charge in [-0.05, 0) is 49.6 Å². The molecule has 0 amide bonds. The molecule has 13 heteroatoms. The van der Waals surface area contributed by atoms with Gasteiger partial charge in [0.25, 0.3) is 10.0 Å².